The van der Waals surface area contributed by atoms with Crippen LogP contribution in [0, 0.1) is 34.5 Å². The Labute approximate surface area is 141 Å². The van der Waals surface area contributed by atoms with Gasteiger partial charge in [0.05, 0.1) is 0 Å². The van der Waals surface area contributed by atoms with Crippen molar-refractivity contribution in [2.24, 2.45) is 34.5 Å². The second kappa shape index (κ2) is 5.14. The molecule has 0 radical (unpaired) electrons. The SMILES string of the molecule is C[C@@]12CCC[C@H]1[C@@H]1CC[C@H]3CC(=O)OC(C(F)(F)F)[C@]3(C)[C@H]1CC2. The van der Waals surface area contributed by atoms with E-state index in [1.165, 1.54) is 12.8 Å². The van der Waals surface area contributed by atoms with E-state index in [4.69, 9.17) is 4.74 Å². The van der Waals surface area contributed by atoms with Crippen LogP contribution in [-0.4, -0.2) is 18.2 Å². The number of fused-ring (bicyclic) bond motifs is 5. The molecule has 3 aliphatic carbocycles. The Morgan fingerprint density at radius 1 is 1.04 bits per heavy atom. The number of carbonyl (C=O) groups excluding carboxylic acids is 1. The van der Waals surface area contributed by atoms with Crippen molar-refractivity contribution in [3.8, 4) is 0 Å². The van der Waals surface area contributed by atoms with Crippen molar-refractivity contribution in [1.82, 2.24) is 0 Å². The van der Waals surface area contributed by atoms with E-state index < -0.39 is 23.7 Å². The van der Waals surface area contributed by atoms with Crippen molar-refractivity contribution in [2.75, 3.05) is 0 Å². The van der Waals surface area contributed by atoms with Gasteiger partial charge in [0.1, 0.15) is 0 Å². The summed E-state index contributed by atoms with van der Waals surface area (Å²) in [5, 5.41) is 0. The number of cyclic esters (lactones) is 1. The van der Waals surface area contributed by atoms with Crippen molar-refractivity contribution in [2.45, 2.75) is 77.5 Å². The van der Waals surface area contributed by atoms with E-state index in [2.05, 4.69) is 6.92 Å². The predicted molar refractivity (Wildman–Crippen MR) is 83.0 cm³/mol. The van der Waals surface area contributed by atoms with Gasteiger partial charge in [-0.3, -0.25) is 4.79 Å². The summed E-state index contributed by atoms with van der Waals surface area (Å²) in [6, 6.07) is 0. The van der Waals surface area contributed by atoms with Gasteiger partial charge in [-0.1, -0.05) is 20.3 Å². The third-order valence-electron chi connectivity index (χ3n) is 8.27. The van der Waals surface area contributed by atoms with Gasteiger partial charge in [0, 0.05) is 11.8 Å². The van der Waals surface area contributed by atoms with E-state index in [0.717, 1.165) is 32.1 Å². The lowest BCUT2D eigenvalue weighted by atomic mass is 9.45. The minimum absolute atomic E-state index is 0.0344. The fourth-order valence-corrected chi connectivity index (χ4v) is 7.12. The van der Waals surface area contributed by atoms with Gasteiger partial charge >= 0.3 is 12.1 Å². The second-order valence-electron chi connectivity index (χ2n) is 9.22. The van der Waals surface area contributed by atoms with Crippen LogP contribution in [0.25, 0.3) is 0 Å². The number of ether oxygens (including phenoxy) is 1. The maximum absolute atomic E-state index is 13.8. The zero-order chi connectivity index (χ0) is 17.3. The molecule has 24 heavy (non-hydrogen) atoms. The molecule has 0 aromatic rings. The lowest BCUT2D eigenvalue weighted by Crippen LogP contribution is -2.62. The highest BCUT2D eigenvalue weighted by Gasteiger charge is 2.67. The first-order chi connectivity index (χ1) is 11.2. The number of halogens is 3. The quantitative estimate of drug-likeness (QED) is 0.571. The predicted octanol–water partition coefficient (Wildman–Crippen LogP) is 5.11. The summed E-state index contributed by atoms with van der Waals surface area (Å²) in [5.74, 6) is 0.110. The normalized spacial score (nSPS) is 51.4. The Morgan fingerprint density at radius 3 is 2.50 bits per heavy atom. The molecule has 7 atom stereocenters. The monoisotopic (exact) mass is 344 g/mol. The third kappa shape index (κ3) is 2.18. The fourth-order valence-electron chi connectivity index (χ4n) is 7.12. The van der Waals surface area contributed by atoms with Gasteiger partial charge in [-0.05, 0) is 67.6 Å². The Balaban J connectivity index is 1.72. The van der Waals surface area contributed by atoms with Gasteiger partial charge in [-0.15, -0.1) is 0 Å². The van der Waals surface area contributed by atoms with Crippen molar-refractivity contribution < 1.29 is 22.7 Å². The third-order valence-corrected chi connectivity index (χ3v) is 8.27. The maximum Gasteiger partial charge on any atom is 0.426 e. The Bertz CT molecular complexity index is 545. The van der Waals surface area contributed by atoms with Crippen LogP contribution in [0.4, 0.5) is 13.2 Å². The molecule has 0 spiro atoms. The maximum atomic E-state index is 13.8. The van der Waals surface area contributed by atoms with E-state index in [9.17, 15) is 18.0 Å². The Hall–Kier alpha value is -0.740. The highest BCUT2D eigenvalue weighted by atomic mass is 19.4. The lowest BCUT2D eigenvalue weighted by molar-refractivity contribution is -0.292. The van der Waals surface area contributed by atoms with Crippen LogP contribution in [-0.2, 0) is 9.53 Å². The molecular formula is C19H27F3O2. The van der Waals surface area contributed by atoms with Crippen LogP contribution in [0.1, 0.15) is 65.2 Å². The zero-order valence-corrected chi connectivity index (χ0v) is 14.5. The molecule has 0 amide bonds. The smallest absolute Gasteiger partial charge is 0.426 e. The summed E-state index contributed by atoms with van der Waals surface area (Å²) < 4.78 is 46.2. The van der Waals surface area contributed by atoms with Crippen LogP contribution in [0.3, 0.4) is 0 Å². The molecule has 4 aliphatic rings. The molecule has 4 rings (SSSR count). The molecule has 0 N–H and O–H groups in total. The van der Waals surface area contributed by atoms with E-state index in [1.807, 2.05) is 0 Å². The molecule has 5 heteroatoms. The van der Waals surface area contributed by atoms with Gasteiger partial charge in [-0.2, -0.15) is 13.2 Å². The molecule has 136 valence electrons. The van der Waals surface area contributed by atoms with Gasteiger partial charge in [0.25, 0.3) is 0 Å². The largest absolute Gasteiger partial charge is 0.452 e. The molecule has 1 aliphatic heterocycles. The first-order valence-corrected chi connectivity index (χ1v) is 9.42. The number of rotatable bonds is 0. The number of hydrogen-bond acceptors (Lipinski definition) is 2. The summed E-state index contributed by atoms with van der Waals surface area (Å²) in [6.07, 6.45) is 0.976. The minimum Gasteiger partial charge on any atom is -0.452 e. The summed E-state index contributed by atoms with van der Waals surface area (Å²) in [5.41, 5.74) is -0.623. The second-order valence-corrected chi connectivity index (χ2v) is 9.22. The molecule has 0 aromatic carbocycles. The van der Waals surface area contributed by atoms with Crippen LogP contribution < -0.4 is 0 Å². The number of hydrogen-bond donors (Lipinski definition) is 0. The Kier molecular flexibility index (Phi) is 3.58. The zero-order valence-electron chi connectivity index (χ0n) is 14.5. The van der Waals surface area contributed by atoms with Gasteiger partial charge in [0.2, 0.25) is 6.10 Å². The van der Waals surface area contributed by atoms with Crippen LogP contribution in [0.15, 0.2) is 0 Å². The van der Waals surface area contributed by atoms with Crippen LogP contribution in [0.2, 0.25) is 0 Å². The number of esters is 1. The van der Waals surface area contributed by atoms with E-state index in [0.29, 0.717) is 17.3 Å². The van der Waals surface area contributed by atoms with Crippen LogP contribution >= 0.6 is 0 Å². The topological polar surface area (TPSA) is 26.3 Å². The first kappa shape index (κ1) is 16.7. The molecule has 1 unspecified atom stereocenters. The van der Waals surface area contributed by atoms with Gasteiger partial charge < -0.3 is 4.74 Å². The average Bonchev–Trinajstić information content (AvgIpc) is 2.88. The molecule has 2 nitrogen and oxygen atoms in total. The molecule has 1 saturated heterocycles. The van der Waals surface area contributed by atoms with E-state index in [1.54, 1.807) is 6.92 Å². The van der Waals surface area contributed by atoms with Crippen molar-refractivity contribution in [1.29, 1.82) is 0 Å². The van der Waals surface area contributed by atoms with Gasteiger partial charge in [-0.25, -0.2) is 0 Å². The lowest BCUT2D eigenvalue weighted by Gasteiger charge is -2.61. The molecule has 0 aromatic heterocycles. The molecule has 4 fully saturated rings. The molecule has 0 bridgehead atoms. The summed E-state index contributed by atoms with van der Waals surface area (Å²) in [6.45, 7) is 4.12. The number of carbonyl (C=O) groups is 1. The number of alkyl halides is 3. The van der Waals surface area contributed by atoms with E-state index >= 15 is 0 Å². The van der Waals surface area contributed by atoms with Crippen LogP contribution in [0.5, 0.6) is 0 Å². The van der Waals surface area contributed by atoms with Crippen molar-refractivity contribution in [3.63, 3.8) is 0 Å². The van der Waals surface area contributed by atoms with E-state index in [-0.39, 0.29) is 18.3 Å². The van der Waals surface area contributed by atoms with Crippen molar-refractivity contribution >= 4 is 5.97 Å². The first-order valence-electron chi connectivity index (χ1n) is 9.42. The summed E-state index contributed by atoms with van der Waals surface area (Å²) >= 11 is 0. The highest BCUT2D eigenvalue weighted by Crippen LogP contribution is 2.67. The molecule has 3 saturated carbocycles. The average molecular weight is 344 g/mol. The minimum atomic E-state index is -4.47. The molecule has 1 heterocycles. The van der Waals surface area contributed by atoms with Gasteiger partial charge in [0.15, 0.2) is 0 Å². The summed E-state index contributed by atoms with van der Waals surface area (Å²) in [4.78, 5) is 11.8. The molecular weight excluding hydrogens is 317 g/mol. The van der Waals surface area contributed by atoms with Crippen molar-refractivity contribution in [3.05, 3.63) is 0 Å². The highest BCUT2D eigenvalue weighted by molar-refractivity contribution is 5.71. The summed E-state index contributed by atoms with van der Waals surface area (Å²) in [7, 11) is 0. The Morgan fingerprint density at radius 2 is 1.79 bits per heavy atom. The standard InChI is InChI=1S/C19H27F3O2/c1-17-8-3-4-13(17)12-6-5-11-10-15(23)24-16(19(20,21)22)18(11,2)14(12)7-9-17/h11-14,16H,3-10H2,1-2H3/t11-,12-,13-,14-,16?,17-,18-/m0/s1. The fraction of sp³-hybridized carbons (Fsp3) is 0.947.